The van der Waals surface area contributed by atoms with Crippen molar-refractivity contribution in [1.29, 1.82) is 0 Å². The summed E-state index contributed by atoms with van der Waals surface area (Å²) in [6, 6.07) is 4.70. The molecule has 0 saturated carbocycles. The molecule has 0 amide bonds. The Bertz CT molecular complexity index is 404. The molecule has 2 rings (SSSR count). The average Bonchev–Trinajstić information content (AvgIpc) is 2.71. The monoisotopic (exact) mass is 227 g/mol. The van der Waals surface area contributed by atoms with Gasteiger partial charge in [-0.1, -0.05) is 0 Å². The summed E-state index contributed by atoms with van der Waals surface area (Å²) < 4.78 is 5.23. The second-order valence-electron chi connectivity index (χ2n) is 2.93. The number of nitrogens with zero attached hydrogens (tertiary/aromatic N) is 1. The van der Waals surface area contributed by atoms with Crippen LogP contribution in [0.15, 0.2) is 23.2 Å². The highest BCUT2D eigenvalue weighted by Crippen LogP contribution is 2.18. The molecule has 1 aliphatic rings. The number of aliphatic imine (C=N–C) groups is 1. The molecule has 5 heteroatoms. The molecule has 0 fully saturated rings. The Morgan fingerprint density at radius 2 is 2.27 bits per heavy atom. The van der Waals surface area contributed by atoms with E-state index in [1.54, 1.807) is 12.1 Å². The Labute approximate surface area is 93.0 Å². The Morgan fingerprint density at radius 1 is 1.47 bits per heavy atom. The van der Waals surface area contributed by atoms with Gasteiger partial charge < -0.3 is 9.84 Å². The minimum absolute atomic E-state index is 0. The summed E-state index contributed by atoms with van der Waals surface area (Å²) in [7, 11) is 0. The van der Waals surface area contributed by atoms with Gasteiger partial charge in [0.15, 0.2) is 6.29 Å². The highest BCUT2D eigenvalue weighted by Gasteiger charge is 2.11. The van der Waals surface area contributed by atoms with Crippen molar-refractivity contribution in [3.63, 3.8) is 0 Å². The van der Waals surface area contributed by atoms with Crippen LogP contribution in [0.5, 0.6) is 5.75 Å². The summed E-state index contributed by atoms with van der Waals surface area (Å²) >= 11 is 0. The fourth-order valence-electron chi connectivity index (χ4n) is 1.29. The van der Waals surface area contributed by atoms with Gasteiger partial charge in [0.25, 0.3) is 0 Å². The summed E-state index contributed by atoms with van der Waals surface area (Å²) in [4.78, 5) is 14.7. The number of hydrogen-bond acceptors (Lipinski definition) is 4. The lowest BCUT2D eigenvalue weighted by molar-refractivity contribution is 0.112. The fourth-order valence-corrected chi connectivity index (χ4v) is 1.29. The number of aldehydes is 1. The molecular weight excluding hydrogens is 218 g/mol. The fraction of sp³-hybridized carbons (Fsp3) is 0.200. The first-order valence-electron chi connectivity index (χ1n) is 4.27. The van der Waals surface area contributed by atoms with Crippen molar-refractivity contribution in [3.05, 3.63) is 29.3 Å². The van der Waals surface area contributed by atoms with Gasteiger partial charge in [-0.2, -0.15) is 0 Å². The van der Waals surface area contributed by atoms with E-state index in [1.807, 2.05) is 0 Å². The van der Waals surface area contributed by atoms with Crippen molar-refractivity contribution in [3.8, 4) is 5.75 Å². The van der Waals surface area contributed by atoms with E-state index in [-0.39, 0.29) is 23.7 Å². The number of carbonyl (C=O) groups excluding carboxylic acids is 1. The Kier molecular flexibility index (Phi) is 3.68. The summed E-state index contributed by atoms with van der Waals surface area (Å²) in [5, 5.41) is 9.27. The van der Waals surface area contributed by atoms with Gasteiger partial charge in [0.2, 0.25) is 5.90 Å². The molecule has 80 valence electrons. The number of benzene rings is 1. The lowest BCUT2D eigenvalue weighted by atomic mass is 10.1. The quantitative estimate of drug-likeness (QED) is 0.777. The number of hydrogen-bond donors (Lipinski definition) is 1. The molecule has 0 radical (unpaired) electrons. The predicted molar refractivity (Wildman–Crippen MR) is 58.1 cm³/mol. The van der Waals surface area contributed by atoms with Gasteiger partial charge >= 0.3 is 0 Å². The van der Waals surface area contributed by atoms with Crippen LogP contribution in [0, 0.1) is 0 Å². The standard InChI is InChI=1S/C10H9NO3.ClH/c12-6-8-5-7(1-2-9(8)13)10-11-3-4-14-10;/h1-2,5-6,13H,3-4H2;1H. The van der Waals surface area contributed by atoms with Gasteiger partial charge in [-0.25, -0.2) is 4.99 Å². The SMILES string of the molecule is Cl.O=Cc1cc(C2=NCCO2)ccc1O. The largest absolute Gasteiger partial charge is 0.507 e. The lowest BCUT2D eigenvalue weighted by Crippen LogP contribution is -2.01. The third kappa shape index (κ3) is 2.27. The van der Waals surface area contributed by atoms with Crippen molar-refractivity contribution >= 4 is 24.6 Å². The van der Waals surface area contributed by atoms with E-state index in [1.165, 1.54) is 6.07 Å². The number of ether oxygens (including phenoxy) is 1. The maximum absolute atomic E-state index is 10.6. The van der Waals surface area contributed by atoms with Gasteiger partial charge in [0.05, 0.1) is 12.1 Å². The van der Waals surface area contributed by atoms with Crippen LogP contribution in [0.1, 0.15) is 15.9 Å². The first-order chi connectivity index (χ1) is 6.81. The molecule has 1 aliphatic heterocycles. The number of carbonyl (C=O) groups is 1. The Hall–Kier alpha value is -1.55. The second kappa shape index (κ2) is 4.79. The molecule has 0 bridgehead atoms. The maximum atomic E-state index is 10.6. The van der Waals surface area contributed by atoms with Gasteiger partial charge in [-0.15, -0.1) is 12.4 Å². The van der Waals surface area contributed by atoms with Crippen LogP contribution in [0.2, 0.25) is 0 Å². The predicted octanol–water partition coefficient (Wildman–Crippen LogP) is 1.40. The number of phenols is 1. The van der Waals surface area contributed by atoms with E-state index >= 15 is 0 Å². The first kappa shape index (κ1) is 11.5. The van der Waals surface area contributed by atoms with Crippen LogP contribution < -0.4 is 0 Å². The highest BCUT2D eigenvalue weighted by molar-refractivity contribution is 5.97. The van der Waals surface area contributed by atoms with Crippen molar-refractivity contribution in [2.75, 3.05) is 13.2 Å². The minimum atomic E-state index is -0.0256. The Balaban J connectivity index is 0.00000112. The molecule has 1 N–H and O–H groups in total. The number of aromatic hydroxyl groups is 1. The van der Waals surface area contributed by atoms with Crippen LogP contribution in [-0.2, 0) is 4.74 Å². The summed E-state index contributed by atoms with van der Waals surface area (Å²) in [5.74, 6) is 0.510. The normalized spacial score (nSPS) is 13.7. The maximum Gasteiger partial charge on any atom is 0.216 e. The lowest BCUT2D eigenvalue weighted by Gasteiger charge is -2.03. The molecule has 0 spiro atoms. The van der Waals surface area contributed by atoms with Gasteiger partial charge in [-0.3, -0.25) is 4.79 Å². The minimum Gasteiger partial charge on any atom is -0.507 e. The van der Waals surface area contributed by atoms with E-state index in [0.717, 1.165) is 5.56 Å². The molecule has 1 aromatic rings. The summed E-state index contributed by atoms with van der Waals surface area (Å²) in [6.07, 6.45) is 0.606. The topological polar surface area (TPSA) is 58.9 Å². The number of rotatable bonds is 2. The third-order valence-electron chi connectivity index (χ3n) is 1.99. The number of phenolic OH excluding ortho intramolecular Hbond substituents is 1. The highest BCUT2D eigenvalue weighted by atomic mass is 35.5. The molecule has 0 aromatic heterocycles. The second-order valence-corrected chi connectivity index (χ2v) is 2.93. The van der Waals surface area contributed by atoms with Gasteiger partial charge in [-0.05, 0) is 18.2 Å². The Morgan fingerprint density at radius 3 is 2.87 bits per heavy atom. The van der Waals surface area contributed by atoms with E-state index in [0.29, 0.717) is 25.3 Å². The van der Waals surface area contributed by atoms with Crippen molar-refractivity contribution < 1.29 is 14.6 Å². The van der Waals surface area contributed by atoms with Gasteiger partial charge in [0, 0.05) is 5.56 Å². The average molecular weight is 228 g/mol. The van der Waals surface area contributed by atoms with Crippen molar-refractivity contribution in [1.82, 2.24) is 0 Å². The van der Waals surface area contributed by atoms with E-state index in [4.69, 9.17) is 4.74 Å². The zero-order valence-corrected chi connectivity index (χ0v) is 8.66. The van der Waals surface area contributed by atoms with Crippen molar-refractivity contribution in [2.24, 2.45) is 4.99 Å². The van der Waals surface area contributed by atoms with Crippen LogP contribution in [0.25, 0.3) is 0 Å². The van der Waals surface area contributed by atoms with E-state index in [9.17, 15) is 9.90 Å². The molecular formula is C10H10ClNO3. The third-order valence-corrected chi connectivity index (χ3v) is 1.99. The van der Waals surface area contributed by atoms with Crippen LogP contribution >= 0.6 is 12.4 Å². The van der Waals surface area contributed by atoms with Crippen LogP contribution in [-0.4, -0.2) is 30.4 Å². The molecule has 1 aromatic carbocycles. The van der Waals surface area contributed by atoms with E-state index in [2.05, 4.69) is 4.99 Å². The van der Waals surface area contributed by atoms with Gasteiger partial charge in [0.1, 0.15) is 12.4 Å². The van der Waals surface area contributed by atoms with E-state index < -0.39 is 0 Å². The zero-order valence-electron chi connectivity index (χ0n) is 7.84. The molecule has 0 unspecified atom stereocenters. The molecule has 0 atom stereocenters. The summed E-state index contributed by atoms with van der Waals surface area (Å²) in [5.41, 5.74) is 0.975. The first-order valence-corrected chi connectivity index (χ1v) is 4.27. The molecule has 0 saturated heterocycles. The molecule has 15 heavy (non-hydrogen) atoms. The zero-order chi connectivity index (χ0) is 9.97. The summed E-state index contributed by atoms with van der Waals surface area (Å²) in [6.45, 7) is 1.22. The molecule has 1 heterocycles. The van der Waals surface area contributed by atoms with Crippen molar-refractivity contribution in [2.45, 2.75) is 0 Å². The number of halogens is 1. The molecule has 4 nitrogen and oxygen atoms in total. The molecule has 0 aliphatic carbocycles. The van der Waals surface area contributed by atoms with Crippen LogP contribution in [0.4, 0.5) is 0 Å². The van der Waals surface area contributed by atoms with Crippen LogP contribution in [0.3, 0.4) is 0 Å². The smallest absolute Gasteiger partial charge is 0.216 e.